The number of benzene rings is 3. The van der Waals surface area contributed by atoms with Gasteiger partial charge >= 0.3 is 5.97 Å². The zero-order chi connectivity index (χ0) is 34.2. The zero-order valence-corrected chi connectivity index (χ0v) is 27.6. The summed E-state index contributed by atoms with van der Waals surface area (Å²) in [6.07, 6.45) is 2.48. The van der Waals surface area contributed by atoms with E-state index in [1.807, 2.05) is 66.7 Å². The van der Waals surface area contributed by atoms with Gasteiger partial charge < -0.3 is 29.9 Å². The van der Waals surface area contributed by atoms with Crippen LogP contribution in [0.4, 0.5) is 5.95 Å². The van der Waals surface area contributed by atoms with Gasteiger partial charge in [-0.1, -0.05) is 73.7 Å². The van der Waals surface area contributed by atoms with Crippen molar-refractivity contribution in [2.24, 2.45) is 5.92 Å². The number of anilines is 1. The average Bonchev–Trinajstić information content (AvgIpc) is 3.15. The van der Waals surface area contributed by atoms with Crippen molar-refractivity contribution in [3.8, 4) is 11.1 Å². The van der Waals surface area contributed by atoms with Crippen LogP contribution in [0.2, 0.25) is 0 Å². The van der Waals surface area contributed by atoms with Crippen molar-refractivity contribution >= 4 is 17.8 Å². The van der Waals surface area contributed by atoms with Crippen LogP contribution in [0.5, 0.6) is 0 Å². The van der Waals surface area contributed by atoms with E-state index in [1.54, 1.807) is 12.4 Å². The van der Waals surface area contributed by atoms with Crippen LogP contribution in [-0.2, 0) is 32.2 Å². The van der Waals surface area contributed by atoms with E-state index >= 15 is 0 Å². The van der Waals surface area contributed by atoms with Crippen LogP contribution in [0.15, 0.2) is 91.3 Å². The molecule has 11 heteroatoms. The predicted molar refractivity (Wildman–Crippen MR) is 184 cm³/mol. The summed E-state index contributed by atoms with van der Waals surface area (Å²) in [6.45, 7) is 6.72. The number of aromatic nitrogens is 2. The van der Waals surface area contributed by atoms with E-state index < -0.39 is 12.3 Å². The van der Waals surface area contributed by atoms with Gasteiger partial charge in [-0.05, 0) is 39.9 Å². The lowest BCUT2D eigenvalue weighted by Crippen LogP contribution is -2.51. The molecular weight excluding hydrogens is 622 g/mol. The summed E-state index contributed by atoms with van der Waals surface area (Å²) in [5.41, 5.74) is 5.77. The summed E-state index contributed by atoms with van der Waals surface area (Å²) in [7, 11) is 0. The van der Waals surface area contributed by atoms with Crippen LogP contribution < -0.4 is 10.2 Å². The second-order valence-corrected chi connectivity index (χ2v) is 12.7. The molecule has 49 heavy (non-hydrogen) atoms. The van der Waals surface area contributed by atoms with Crippen molar-refractivity contribution in [3.05, 3.63) is 114 Å². The maximum atomic E-state index is 12.0. The maximum Gasteiger partial charge on any atom is 0.303 e. The number of carbonyl (C=O) groups excluding carboxylic acids is 1. The Morgan fingerprint density at radius 2 is 1.55 bits per heavy atom. The molecule has 4 aromatic rings. The quantitative estimate of drug-likeness (QED) is 0.195. The minimum absolute atomic E-state index is 0.00754. The predicted octanol–water partition coefficient (Wildman–Crippen LogP) is 4.73. The van der Waals surface area contributed by atoms with Gasteiger partial charge in [0.2, 0.25) is 11.9 Å². The first-order valence-corrected chi connectivity index (χ1v) is 16.8. The van der Waals surface area contributed by atoms with E-state index in [1.165, 1.54) is 0 Å². The molecule has 3 aromatic carbocycles. The number of nitrogens with zero attached hydrogens (tertiary/aromatic N) is 4. The summed E-state index contributed by atoms with van der Waals surface area (Å²) in [5, 5.41) is 21.2. The van der Waals surface area contributed by atoms with E-state index in [0.29, 0.717) is 6.54 Å². The molecule has 2 fully saturated rings. The molecule has 2 aliphatic rings. The van der Waals surface area contributed by atoms with E-state index in [0.717, 1.165) is 72.1 Å². The third-order valence-corrected chi connectivity index (χ3v) is 9.27. The number of nitrogens with one attached hydrogen (secondary N) is 1. The van der Waals surface area contributed by atoms with Gasteiger partial charge in [-0.25, -0.2) is 9.97 Å². The van der Waals surface area contributed by atoms with E-state index in [9.17, 15) is 14.7 Å². The number of aliphatic hydroxyl groups excluding tert-OH is 1. The molecule has 2 saturated heterocycles. The molecule has 4 atom stereocenters. The maximum absolute atomic E-state index is 12.0. The number of carboxylic acid groups (broad SMARTS) is 1. The summed E-state index contributed by atoms with van der Waals surface area (Å²) in [5.74, 6) is -0.433. The van der Waals surface area contributed by atoms with E-state index in [4.69, 9.17) is 14.6 Å². The fourth-order valence-electron chi connectivity index (χ4n) is 6.37. The molecule has 256 valence electrons. The minimum atomic E-state index is -0.990. The van der Waals surface area contributed by atoms with Crippen LogP contribution in [0.3, 0.4) is 0 Å². The molecule has 3 heterocycles. The number of carboxylic acids is 1. The lowest BCUT2D eigenvalue weighted by molar-refractivity contribution is -0.276. The van der Waals surface area contributed by atoms with Crippen molar-refractivity contribution in [2.75, 3.05) is 37.6 Å². The normalized spacial score (nSPS) is 21.3. The molecule has 0 radical (unpaired) electrons. The molecule has 0 bridgehead atoms. The smallest absolute Gasteiger partial charge is 0.303 e. The van der Waals surface area contributed by atoms with Gasteiger partial charge in [0.05, 0.1) is 25.2 Å². The lowest BCUT2D eigenvalue weighted by atomic mass is 9.89. The Hall–Kier alpha value is -4.68. The summed E-state index contributed by atoms with van der Waals surface area (Å²) >= 11 is 0. The van der Waals surface area contributed by atoms with Crippen LogP contribution in [0, 0.1) is 5.92 Å². The van der Waals surface area contributed by atoms with Gasteiger partial charge in [-0.2, -0.15) is 0 Å². The number of hydrogen-bond donors (Lipinski definition) is 3. The minimum Gasteiger partial charge on any atom is -0.481 e. The Bertz CT molecular complexity index is 1680. The highest BCUT2D eigenvalue weighted by Gasteiger charge is 2.39. The monoisotopic (exact) mass is 665 g/mol. The third-order valence-electron chi connectivity index (χ3n) is 9.27. The Kier molecular flexibility index (Phi) is 11.3. The second kappa shape index (κ2) is 16.1. The summed E-state index contributed by atoms with van der Waals surface area (Å²) in [4.78, 5) is 36.3. The number of ether oxygens (including phenoxy) is 2. The molecule has 1 amide bonds. The van der Waals surface area contributed by atoms with Crippen LogP contribution >= 0.6 is 0 Å². The average molecular weight is 666 g/mol. The highest BCUT2D eigenvalue weighted by molar-refractivity contribution is 5.80. The first-order valence-electron chi connectivity index (χ1n) is 16.8. The zero-order valence-electron chi connectivity index (χ0n) is 27.6. The molecule has 0 aliphatic carbocycles. The van der Waals surface area contributed by atoms with Crippen LogP contribution in [0.1, 0.15) is 54.4 Å². The molecule has 2 aliphatic heterocycles. The number of carbonyl (C=O) groups is 2. The van der Waals surface area contributed by atoms with E-state index in [-0.39, 0.29) is 43.5 Å². The number of piperazine rings is 1. The summed E-state index contributed by atoms with van der Waals surface area (Å²) < 4.78 is 13.4. The van der Waals surface area contributed by atoms with Crippen molar-refractivity contribution in [2.45, 2.75) is 51.4 Å². The third kappa shape index (κ3) is 8.87. The van der Waals surface area contributed by atoms with Crippen molar-refractivity contribution in [1.82, 2.24) is 20.2 Å². The van der Waals surface area contributed by atoms with Crippen molar-refractivity contribution < 1.29 is 29.3 Å². The summed E-state index contributed by atoms with van der Waals surface area (Å²) in [6, 6.07) is 25.9. The van der Waals surface area contributed by atoms with Gasteiger partial charge in [-0.3, -0.25) is 14.5 Å². The van der Waals surface area contributed by atoms with Crippen LogP contribution in [-0.4, -0.2) is 75.8 Å². The standard InChI is InChI=1S/C38H43N5O6/c1-26-33(24-42-18-20-43(21-19-42)38-39-16-3-17-40-38)48-37(49-36(26)30-8-6-27(25-44)7-9-30)31-12-10-29(11-13-31)32-5-2-4-28(22-32)23-41-34(45)14-15-35(46)47/h2-13,16-17,22,26,33,36-37,44H,14-15,18-21,23-25H2,1H3,(H,41,45)(H,46,47)/t26-,33+,36+,37+/m1/s1. The fourth-order valence-corrected chi connectivity index (χ4v) is 6.37. The van der Waals surface area contributed by atoms with Gasteiger partial charge in [-0.15, -0.1) is 0 Å². The molecule has 6 rings (SSSR count). The number of hydrogen-bond acceptors (Lipinski definition) is 9. The van der Waals surface area contributed by atoms with Gasteiger partial charge in [0.15, 0.2) is 6.29 Å². The fraction of sp³-hybridized carbons (Fsp3) is 0.368. The molecule has 0 spiro atoms. The first-order chi connectivity index (χ1) is 23.9. The molecular formula is C38H43N5O6. The second-order valence-electron chi connectivity index (χ2n) is 12.7. The first kappa shape index (κ1) is 34.2. The molecule has 0 unspecified atom stereocenters. The highest BCUT2D eigenvalue weighted by atomic mass is 16.7. The SMILES string of the molecule is C[C@@H]1[C@H](CN2CCN(c3ncccn3)CC2)O[C@H](c2ccc(-c3cccc(CNC(=O)CCC(=O)O)c3)cc2)O[C@@H]1c1ccc(CO)cc1. The van der Waals surface area contributed by atoms with Crippen molar-refractivity contribution in [3.63, 3.8) is 0 Å². The number of aliphatic hydroxyl groups is 1. The Labute approximate surface area is 286 Å². The van der Waals surface area contributed by atoms with Crippen LogP contribution in [0.25, 0.3) is 11.1 Å². The highest BCUT2D eigenvalue weighted by Crippen LogP contribution is 2.42. The van der Waals surface area contributed by atoms with Gasteiger partial charge in [0, 0.05) is 69.6 Å². The molecule has 1 aromatic heterocycles. The molecule has 3 N–H and O–H groups in total. The Morgan fingerprint density at radius 3 is 2.24 bits per heavy atom. The van der Waals surface area contributed by atoms with Crippen molar-refractivity contribution in [1.29, 1.82) is 0 Å². The number of rotatable bonds is 12. The molecule has 0 saturated carbocycles. The van der Waals surface area contributed by atoms with E-state index in [2.05, 4.69) is 44.1 Å². The number of aliphatic carboxylic acids is 1. The van der Waals surface area contributed by atoms with Gasteiger partial charge in [0.25, 0.3) is 0 Å². The topological polar surface area (TPSA) is 137 Å². The Morgan fingerprint density at radius 1 is 0.837 bits per heavy atom. The molecule has 11 nitrogen and oxygen atoms in total. The lowest BCUT2D eigenvalue weighted by Gasteiger charge is -2.44. The largest absolute Gasteiger partial charge is 0.481 e. The Balaban J connectivity index is 1.15. The van der Waals surface area contributed by atoms with Gasteiger partial charge in [0.1, 0.15) is 0 Å². The number of amides is 1.